The van der Waals surface area contributed by atoms with Crippen LogP contribution < -0.4 is 9.62 Å². The number of sulfonamides is 1. The fraction of sp³-hybridized carbons (Fsp3) is 0.500. The first-order chi connectivity index (χ1) is 15.4. The Labute approximate surface area is 197 Å². The van der Waals surface area contributed by atoms with Crippen molar-refractivity contribution in [2.24, 2.45) is 0 Å². The number of benzene rings is 2. The van der Waals surface area contributed by atoms with Crippen molar-refractivity contribution in [2.75, 3.05) is 54.9 Å². The Morgan fingerprint density at radius 1 is 1.03 bits per heavy atom. The van der Waals surface area contributed by atoms with Gasteiger partial charge in [0.2, 0.25) is 10.0 Å². The van der Waals surface area contributed by atoms with Crippen molar-refractivity contribution < 1.29 is 13.5 Å². The lowest BCUT2D eigenvalue weighted by molar-refractivity contribution is 0.162. The average Bonchev–Trinajstić information content (AvgIpc) is 2.78. The van der Waals surface area contributed by atoms with Gasteiger partial charge in [0.25, 0.3) is 0 Å². The second-order valence-corrected chi connectivity index (χ2v) is 11.0. The smallest absolute Gasteiger partial charge is 0.229 e. The largest absolute Gasteiger partial charge is 0.388 e. The molecule has 8 heteroatoms. The lowest BCUT2D eigenvalue weighted by Gasteiger charge is -2.36. The highest BCUT2D eigenvalue weighted by molar-refractivity contribution is 7.99. The minimum atomic E-state index is -3.36. The number of nitrogens with zero attached hydrogens (tertiary/aromatic N) is 2. The van der Waals surface area contributed by atoms with Gasteiger partial charge in [-0.25, -0.2) is 8.42 Å². The maximum Gasteiger partial charge on any atom is 0.229 e. The van der Waals surface area contributed by atoms with Gasteiger partial charge in [0.15, 0.2) is 0 Å². The fourth-order valence-electron chi connectivity index (χ4n) is 4.10. The molecule has 2 N–H and O–H groups in total. The molecule has 0 aliphatic carbocycles. The van der Waals surface area contributed by atoms with E-state index < -0.39 is 16.1 Å². The molecule has 1 heterocycles. The molecule has 1 atom stereocenters. The molecule has 3 rings (SSSR count). The highest BCUT2D eigenvalue weighted by atomic mass is 32.2. The third kappa shape index (κ3) is 7.69. The van der Waals surface area contributed by atoms with E-state index in [2.05, 4.69) is 44.9 Å². The number of rotatable bonds is 11. The molecule has 0 radical (unpaired) electrons. The van der Waals surface area contributed by atoms with E-state index >= 15 is 0 Å². The van der Waals surface area contributed by atoms with Crippen LogP contribution in [0.25, 0.3) is 0 Å². The summed E-state index contributed by atoms with van der Waals surface area (Å²) in [6.07, 6.45) is 6.29. The zero-order valence-electron chi connectivity index (χ0n) is 19.0. The minimum absolute atomic E-state index is 0.534. The number of hydrogen-bond donors (Lipinski definition) is 2. The van der Waals surface area contributed by atoms with E-state index in [-0.39, 0.29) is 0 Å². The van der Waals surface area contributed by atoms with Gasteiger partial charge in [-0.2, -0.15) is 0 Å². The van der Waals surface area contributed by atoms with Crippen molar-refractivity contribution in [3.63, 3.8) is 0 Å². The number of nitrogens with one attached hydrogen (secondary N) is 1. The van der Waals surface area contributed by atoms with E-state index in [4.69, 9.17) is 0 Å². The Morgan fingerprint density at radius 2 is 1.75 bits per heavy atom. The summed E-state index contributed by atoms with van der Waals surface area (Å²) in [5, 5.41) is 10.6. The second kappa shape index (κ2) is 11.9. The molecule has 0 saturated carbocycles. The fourth-order valence-corrected chi connectivity index (χ4v) is 5.26. The molecule has 1 fully saturated rings. The molecule has 2 aromatic carbocycles. The van der Waals surface area contributed by atoms with Gasteiger partial charge in [0.1, 0.15) is 0 Å². The Balaban J connectivity index is 1.37. The topological polar surface area (TPSA) is 72.9 Å². The van der Waals surface area contributed by atoms with E-state index in [1.807, 2.05) is 18.4 Å². The van der Waals surface area contributed by atoms with Crippen molar-refractivity contribution in [3.05, 3.63) is 54.1 Å². The molecule has 1 aliphatic heterocycles. The van der Waals surface area contributed by atoms with E-state index in [9.17, 15) is 13.5 Å². The molecule has 1 unspecified atom stereocenters. The van der Waals surface area contributed by atoms with Crippen LogP contribution in [-0.2, 0) is 10.0 Å². The first-order valence-electron chi connectivity index (χ1n) is 11.2. The Bertz CT molecular complexity index is 946. The summed E-state index contributed by atoms with van der Waals surface area (Å²) in [4.78, 5) is 5.82. The summed E-state index contributed by atoms with van der Waals surface area (Å²) >= 11 is 1.48. The summed E-state index contributed by atoms with van der Waals surface area (Å²) in [5.74, 6) is 0. The number of para-hydroxylation sites is 1. The van der Waals surface area contributed by atoms with Crippen LogP contribution in [0.5, 0.6) is 0 Å². The summed E-state index contributed by atoms with van der Waals surface area (Å²) in [6, 6.07) is 16.1. The molecule has 32 heavy (non-hydrogen) atoms. The summed E-state index contributed by atoms with van der Waals surface area (Å²) < 4.78 is 25.8. The molecule has 1 aliphatic rings. The molecule has 0 amide bonds. The molecule has 0 bridgehead atoms. The van der Waals surface area contributed by atoms with Gasteiger partial charge >= 0.3 is 0 Å². The van der Waals surface area contributed by atoms with Crippen LogP contribution in [0.1, 0.15) is 37.4 Å². The van der Waals surface area contributed by atoms with Crippen LogP contribution in [-0.4, -0.2) is 63.7 Å². The standard InChI is InChI=1S/C24H35N3O3S2/c1-31-24-13-12-20(19-22(24)25-32(2,29)30)23(28)11-7-4-8-14-26-15-17-27(18-16-26)21-9-5-3-6-10-21/h3,5-6,9-10,12-13,19,23,25,28H,4,7-8,11,14-18H2,1-2H3. The van der Waals surface area contributed by atoms with Crippen LogP contribution >= 0.6 is 11.8 Å². The molecular weight excluding hydrogens is 442 g/mol. The average molecular weight is 478 g/mol. The lowest BCUT2D eigenvalue weighted by atomic mass is 10.0. The zero-order chi connectivity index (χ0) is 23.0. The predicted octanol–water partition coefficient (Wildman–Crippen LogP) is 4.20. The number of anilines is 2. The van der Waals surface area contributed by atoms with Crippen molar-refractivity contribution in [3.8, 4) is 0 Å². The SMILES string of the molecule is CSc1ccc(C(O)CCCCCN2CCN(c3ccccc3)CC2)cc1NS(C)(=O)=O. The Hall–Kier alpha value is -1.74. The van der Waals surface area contributed by atoms with E-state index in [0.29, 0.717) is 12.1 Å². The molecule has 176 valence electrons. The highest BCUT2D eigenvalue weighted by Gasteiger charge is 2.17. The zero-order valence-corrected chi connectivity index (χ0v) is 20.7. The molecule has 1 saturated heterocycles. The summed E-state index contributed by atoms with van der Waals surface area (Å²) in [5.41, 5.74) is 2.60. The van der Waals surface area contributed by atoms with Gasteiger partial charge in [-0.15, -0.1) is 11.8 Å². The van der Waals surface area contributed by atoms with Crippen molar-refractivity contribution in [2.45, 2.75) is 36.7 Å². The Kier molecular flexibility index (Phi) is 9.28. The van der Waals surface area contributed by atoms with Gasteiger partial charge in [0.05, 0.1) is 18.0 Å². The van der Waals surface area contributed by atoms with Crippen molar-refractivity contribution in [1.82, 2.24) is 4.90 Å². The predicted molar refractivity (Wildman–Crippen MR) is 135 cm³/mol. The second-order valence-electron chi connectivity index (χ2n) is 8.36. The van der Waals surface area contributed by atoms with Crippen LogP contribution in [0, 0.1) is 0 Å². The molecular formula is C24H35N3O3S2. The first kappa shape index (κ1) is 24.9. The number of thioether (sulfide) groups is 1. The maximum atomic E-state index is 11.6. The van der Waals surface area contributed by atoms with Gasteiger partial charge < -0.3 is 10.0 Å². The first-order valence-corrected chi connectivity index (χ1v) is 14.3. The van der Waals surface area contributed by atoms with Gasteiger partial charge in [-0.3, -0.25) is 9.62 Å². The summed E-state index contributed by atoms with van der Waals surface area (Å²) in [7, 11) is -3.36. The maximum absolute atomic E-state index is 11.6. The molecule has 0 spiro atoms. The summed E-state index contributed by atoms with van der Waals surface area (Å²) in [6.45, 7) is 5.42. The van der Waals surface area contributed by atoms with E-state index in [1.165, 1.54) is 17.4 Å². The Morgan fingerprint density at radius 3 is 2.41 bits per heavy atom. The number of hydrogen-bond acceptors (Lipinski definition) is 6. The molecule has 6 nitrogen and oxygen atoms in total. The number of unbranched alkanes of at least 4 members (excludes halogenated alkanes) is 2. The molecule has 0 aromatic heterocycles. The normalized spacial score (nSPS) is 16.2. The van der Waals surface area contributed by atoms with E-state index in [0.717, 1.165) is 68.7 Å². The quantitative estimate of drug-likeness (QED) is 0.373. The van der Waals surface area contributed by atoms with Gasteiger partial charge in [0, 0.05) is 36.8 Å². The number of aliphatic hydroxyl groups is 1. The number of aliphatic hydroxyl groups excluding tert-OH is 1. The van der Waals surface area contributed by atoms with Crippen LogP contribution in [0.4, 0.5) is 11.4 Å². The van der Waals surface area contributed by atoms with Crippen molar-refractivity contribution >= 4 is 33.2 Å². The minimum Gasteiger partial charge on any atom is -0.388 e. The van der Waals surface area contributed by atoms with Crippen molar-refractivity contribution in [1.29, 1.82) is 0 Å². The third-order valence-corrected chi connectivity index (χ3v) is 7.24. The lowest BCUT2D eigenvalue weighted by Crippen LogP contribution is -2.46. The van der Waals surface area contributed by atoms with Gasteiger partial charge in [-0.1, -0.05) is 37.1 Å². The van der Waals surface area contributed by atoms with E-state index in [1.54, 1.807) is 6.07 Å². The number of piperazine rings is 1. The molecule has 2 aromatic rings. The van der Waals surface area contributed by atoms with Crippen LogP contribution in [0.2, 0.25) is 0 Å². The van der Waals surface area contributed by atoms with Crippen LogP contribution in [0.15, 0.2) is 53.4 Å². The third-order valence-electron chi connectivity index (χ3n) is 5.85. The monoisotopic (exact) mass is 477 g/mol. The highest BCUT2D eigenvalue weighted by Crippen LogP contribution is 2.31. The van der Waals surface area contributed by atoms with Crippen LogP contribution in [0.3, 0.4) is 0 Å². The van der Waals surface area contributed by atoms with Gasteiger partial charge in [-0.05, 0) is 55.5 Å².